The van der Waals surface area contributed by atoms with Crippen molar-refractivity contribution in [1.29, 1.82) is 0 Å². The summed E-state index contributed by atoms with van der Waals surface area (Å²) in [4.78, 5) is 33.5. The SMILES string of the molecule is O=CN1CCN(CCOc2ccc(-c3ncc(C(F)(F)F)[nH]3)cc2NC(=O)C#Cc2cccc(Br)c2)CC1. The molecule has 2 aromatic carbocycles. The Balaban J connectivity index is 1.51. The third-order valence-corrected chi connectivity index (χ3v) is 6.24. The summed E-state index contributed by atoms with van der Waals surface area (Å²) >= 11 is 3.35. The van der Waals surface area contributed by atoms with Gasteiger partial charge in [-0.1, -0.05) is 27.9 Å². The number of piperazine rings is 1. The molecule has 0 aliphatic carbocycles. The van der Waals surface area contributed by atoms with Crippen LogP contribution in [0, 0.1) is 11.8 Å². The van der Waals surface area contributed by atoms with Crippen molar-refractivity contribution in [1.82, 2.24) is 19.8 Å². The summed E-state index contributed by atoms with van der Waals surface area (Å²) in [5.74, 6) is 5.00. The Kier molecular flexibility index (Phi) is 8.70. The summed E-state index contributed by atoms with van der Waals surface area (Å²) < 4.78 is 45.8. The molecular weight excluding hydrogens is 567 g/mol. The standard InChI is InChI=1S/C26H23BrF3N5O3/c27-20-3-1-2-18(14-20)4-7-24(37)32-21-15-19(25-31-16-23(33-25)26(28,29)30)5-6-22(21)38-13-12-34-8-10-35(17-36)11-9-34/h1-3,5-6,14-17H,8-13H2,(H,31,33)(H,32,37). The van der Waals surface area contributed by atoms with Crippen LogP contribution in [0.3, 0.4) is 0 Å². The number of nitrogens with zero attached hydrogens (tertiary/aromatic N) is 3. The minimum absolute atomic E-state index is 0.00681. The number of alkyl halides is 3. The first-order valence-corrected chi connectivity index (χ1v) is 12.4. The molecule has 0 unspecified atom stereocenters. The van der Waals surface area contributed by atoms with Gasteiger partial charge >= 0.3 is 12.1 Å². The lowest BCUT2D eigenvalue weighted by atomic mass is 10.1. The van der Waals surface area contributed by atoms with E-state index in [0.29, 0.717) is 49.3 Å². The summed E-state index contributed by atoms with van der Waals surface area (Å²) in [7, 11) is 0. The molecule has 0 atom stereocenters. The Hall–Kier alpha value is -3.82. The van der Waals surface area contributed by atoms with Crippen LogP contribution in [0.4, 0.5) is 18.9 Å². The van der Waals surface area contributed by atoms with Gasteiger partial charge in [-0.2, -0.15) is 13.2 Å². The number of nitrogens with one attached hydrogen (secondary N) is 2. The monoisotopic (exact) mass is 589 g/mol. The van der Waals surface area contributed by atoms with E-state index in [1.165, 1.54) is 6.07 Å². The average Bonchev–Trinajstić information content (AvgIpc) is 3.40. The van der Waals surface area contributed by atoms with E-state index >= 15 is 0 Å². The van der Waals surface area contributed by atoms with Crippen LogP contribution in [-0.4, -0.2) is 71.4 Å². The molecule has 1 fully saturated rings. The number of anilines is 1. The van der Waals surface area contributed by atoms with Gasteiger partial charge in [-0.05, 0) is 36.4 Å². The van der Waals surface area contributed by atoms with E-state index < -0.39 is 17.8 Å². The molecule has 198 valence electrons. The topological polar surface area (TPSA) is 90.6 Å². The number of imidazole rings is 1. The molecule has 0 radical (unpaired) electrons. The number of ether oxygens (including phenoxy) is 1. The minimum Gasteiger partial charge on any atom is -0.490 e. The lowest BCUT2D eigenvalue weighted by molar-refractivity contribution is -0.140. The first kappa shape index (κ1) is 27.2. The highest BCUT2D eigenvalue weighted by Crippen LogP contribution is 2.33. The lowest BCUT2D eigenvalue weighted by Gasteiger charge is -2.32. The van der Waals surface area contributed by atoms with Gasteiger partial charge in [0.2, 0.25) is 6.41 Å². The summed E-state index contributed by atoms with van der Waals surface area (Å²) in [6.07, 6.45) is -3.02. The zero-order valence-corrected chi connectivity index (χ0v) is 21.6. The normalized spacial score (nSPS) is 13.9. The molecule has 2 amide bonds. The number of rotatable bonds is 7. The Bertz CT molecular complexity index is 1360. The molecule has 4 rings (SSSR count). The highest BCUT2D eigenvalue weighted by atomic mass is 79.9. The maximum Gasteiger partial charge on any atom is 0.432 e. The third-order valence-electron chi connectivity index (χ3n) is 5.75. The van der Waals surface area contributed by atoms with E-state index in [1.54, 1.807) is 35.2 Å². The lowest BCUT2D eigenvalue weighted by Crippen LogP contribution is -2.46. The van der Waals surface area contributed by atoms with Crippen molar-refractivity contribution in [2.24, 2.45) is 0 Å². The van der Waals surface area contributed by atoms with Gasteiger partial charge in [-0.15, -0.1) is 0 Å². The van der Waals surface area contributed by atoms with Crippen LogP contribution in [0.2, 0.25) is 0 Å². The number of amides is 2. The van der Waals surface area contributed by atoms with Crippen LogP contribution < -0.4 is 10.1 Å². The fraction of sp³-hybridized carbons (Fsp3) is 0.269. The molecule has 2 heterocycles. The molecule has 0 saturated carbocycles. The van der Waals surface area contributed by atoms with Gasteiger partial charge in [0.05, 0.1) is 11.9 Å². The third kappa shape index (κ3) is 7.36. The molecule has 38 heavy (non-hydrogen) atoms. The zero-order chi connectivity index (χ0) is 27.1. The second kappa shape index (κ2) is 12.1. The first-order valence-electron chi connectivity index (χ1n) is 11.6. The second-order valence-electron chi connectivity index (χ2n) is 8.40. The number of hydrogen-bond acceptors (Lipinski definition) is 5. The quantitative estimate of drug-likeness (QED) is 0.321. The second-order valence-corrected chi connectivity index (χ2v) is 9.32. The molecule has 1 aliphatic heterocycles. The summed E-state index contributed by atoms with van der Waals surface area (Å²) in [6, 6.07) is 11.7. The highest BCUT2D eigenvalue weighted by Gasteiger charge is 2.33. The number of aromatic nitrogens is 2. The van der Waals surface area contributed by atoms with Crippen LogP contribution in [0.1, 0.15) is 11.3 Å². The Morgan fingerprint density at radius 2 is 1.97 bits per heavy atom. The van der Waals surface area contributed by atoms with Crippen molar-refractivity contribution in [2.75, 3.05) is 44.6 Å². The number of carbonyl (C=O) groups excluding carboxylic acids is 2. The van der Waals surface area contributed by atoms with Gasteiger partial charge in [0.25, 0.3) is 0 Å². The molecular formula is C26H23BrF3N5O3. The van der Waals surface area contributed by atoms with Gasteiger partial charge < -0.3 is 19.9 Å². The van der Waals surface area contributed by atoms with Gasteiger partial charge in [0, 0.05) is 54.2 Å². The fourth-order valence-electron chi connectivity index (χ4n) is 3.74. The van der Waals surface area contributed by atoms with E-state index in [4.69, 9.17) is 4.74 Å². The van der Waals surface area contributed by atoms with Crippen LogP contribution in [0.25, 0.3) is 11.4 Å². The Morgan fingerprint density at radius 3 is 2.66 bits per heavy atom. The van der Waals surface area contributed by atoms with E-state index in [0.717, 1.165) is 24.0 Å². The van der Waals surface area contributed by atoms with Crippen molar-refractivity contribution in [2.45, 2.75) is 6.18 Å². The van der Waals surface area contributed by atoms with Crippen molar-refractivity contribution >= 4 is 33.9 Å². The smallest absolute Gasteiger partial charge is 0.432 e. The molecule has 12 heteroatoms. The van der Waals surface area contributed by atoms with Crippen LogP contribution in [0.15, 0.2) is 53.1 Å². The Labute approximate surface area is 225 Å². The number of hydrogen-bond donors (Lipinski definition) is 2. The molecule has 1 aromatic heterocycles. The molecule has 1 aliphatic rings. The molecule has 8 nitrogen and oxygen atoms in total. The first-order chi connectivity index (χ1) is 18.2. The molecule has 0 bridgehead atoms. The maximum absolute atomic E-state index is 13.0. The molecule has 2 N–H and O–H groups in total. The predicted octanol–water partition coefficient (Wildman–Crippen LogP) is 4.00. The summed E-state index contributed by atoms with van der Waals surface area (Å²) in [5.41, 5.74) is 0.220. The largest absolute Gasteiger partial charge is 0.490 e. The summed E-state index contributed by atoms with van der Waals surface area (Å²) in [6.45, 7) is 3.60. The zero-order valence-electron chi connectivity index (χ0n) is 20.0. The maximum atomic E-state index is 13.0. The van der Waals surface area contributed by atoms with Gasteiger partial charge in [0.15, 0.2) is 0 Å². The van der Waals surface area contributed by atoms with E-state index in [2.05, 4.69) is 48.0 Å². The average molecular weight is 590 g/mol. The number of benzene rings is 2. The van der Waals surface area contributed by atoms with Crippen LogP contribution in [0.5, 0.6) is 5.75 Å². The number of halogens is 4. The van der Waals surface area contributed by atoms with Gasteiger partial charge in [-0.3, -0.25) is 14.5 Å². The van der Waals surface area contributed by atoms with Gasteiger partial charge in [-0.25, -0.2) is 4.98 Å². The van der Waals surface area contributed by atoms with E-state index in [9.17, 15) is 22.8 Å². The van der Waals surface area contributed by atoms with Gasteiger partial charge in [0.1, 0.15) is 23.9 Å². The number of H-pyrrole nitrogens is 1. The van der Waals surface area contributed by atoms with Crippen LogP contribution in [-0.2, 0) is 15.8 Å². The highest BCUT2D eigenvalue weighted by molar-refractivity contribution is 9.10. The van der Waals surface area contributed by atoms with Crippen molar-refractivity contribution in [3.05, 3.63) is 64.4 Å². The molecule has 1 saturated heterocycles. The van der Waals surface area contributed by atoms with Crippen molar-refractivity contribution in [3.63, 3.8) is 0 Å². The predicted molar refractivity (Wildman–Crippen MR) is 138 cm³/mol. The van der Waals surface area contributed by atoms with Crippen molar-refractivity contribution < 1.29 is 27.5 Å². The van der Waals surface area contributed by atoms with E-state index in [-0.39, 0.29) is 11.5 Å². The number of carbonyl (C=O) groups is 2. The minimum atomic E-state index is -4.56. The van der Waals surface area contributed by atoms with E-state index in [1.807, 2.05) is 6.07 Å². The molecule has 3 aromatic rings. The van der Waals surface area contributed by atoms with Crippen molar-refractivity contribution in [3.8, 4) is 29.0 Å². The molecule has 0 spiro atoms. The fourth-order valence-corrected chi connectivity index (χ4v) is 4.14. The Morgan fingerprint density at radius 1 is 1.18 bits per heavy atom. The van der Waals surface area contributed by atoms with Crippen LogP contribution >= 0.6 is 15.9 Å². The number of aromatic amines is 1. The summed E-state index contributed by atoms with van der Waals surface area (Å²) in [5, 5.41) is 2.67.